The van der Waals surface area contributed by atoms with Crippen LogP contribution in [-0.2, 0) is 4.74 Å². The van der Waals surface area contributed by atoms with Crippen LogP contribution in [0.1, 0.15) is 32.3 Å². The minimum absolute atomic E-state index is 0.0749. The molecule has 1 aromatic carbocycles. The number of fused-ring (bicyclic) bond motifs is 1. The van der Waals surface area contributed by atoms with Crippen LogP contribution in [0.15, 0.2) is 15.0 Å². The number of carbonyl (C=O) groups excluding carboxylic acids is 1. The van der Waals surface area contributed by atoms with Gasteiger partial charge in [-0.05, 0) is 47.8 Å². The van der Waals surface area contributed by atoms with Crippen molar-refractivity contribution >= 4 is 50.7 Å². The van der Waals surface area contributed by atoms with E-state index in [-0.39, 0.29) is 12.1 Å². The zero-order valence-electron chi connectivity index (χ0n) is 15.2. The summed E-state index contributed by atoms with van der Waals surface area (Å²) in [5, 5.41) is 0.650. The molecule has 0 spiro atoms. The van der Waals surface area contributed by atoms with Gasteiger partial charge in [0.15, 0.2) is 5.58 Å². The van der Waals surface area contributed by atoms with E-state index in [0.717, 1.165) is 28.4 Å². The van der Waals surface area contributed by atoms with Gasteiger partial charge in [-0.3, -0.25) is 0 Å². The first-order valence-electron chi connectivity index (χ1n) is 8.85. The molecule has 0 saturated carbocycles. The fourth-order valence-corrected chi connectivity index (χ4v) is 3.81. The summed E-state index contributed by atoms with van der Waals surface area (Å²) in [5.74, 6) is 0. The highest BCUT2D eigenvalue weighted by Gasteiger charge is 2.30. The van der Waals surface area contributed by atoms with Gasteiger partial charge in [-0.1, -0.05) is 24.9 Å². The zero-order valence-corrected chi connectivity index (χ0v) is 17.6. The normalized spacial score (nSPS) is 17.8. The standard InChI is InChI=1S/C18H23BrClN3O3/c1-4-5-8-25-18(24)22-6-7-23(11(2)10-22)17-21-14-9-13(20)12(3)15(19)16(14)26-17/h9,11H,4-8,10H2,1-3H3. The molecule has 3 rings (SSSR count). The third-order valence-electron chi connectivity index (χ3n) is 4.65. The Hall–Kier alpha value is -1.47. The maximum Gasteiger partial charge on any atom is 0.409 e. The monoisotopic (exact) mass is 443 g/mol. The highest BCUT2D eigenvalue weighted by molar-refractivity contribution is 9.10. The van der Waals surface area contributed by atoms with E-state index in [2.05, 4.69) is 32.7 Å². The zero-order chi connectivity index (χ0) is 18.8. The molecule has 1 amide bonds. The van der Waals surface area contributed by atoms with Crippen LogP contribution in [0.4, 0.5) is 10.8 Å². The smallest absolute Gasteiger partial charge is 0.409 e. The molecule has 2 heterocycles. The number of ether oxygens (including phenoxy) is 1. The Morgan fingerprint density at radius 3 is 2.96 bits per heavy atom. The number of unbranched alkanes of at least 4 members (excludes halogenated alkanes) is 1. The largest absolute Gasteiger partial charge is 0.449 e. The Morgan fingerprint density at radius 1 is 1.50 bits per heavy atom. The summed E-state index contributed by atoms with van der Waals surface area (Å²) in [6.07, 6.45) is 1.66. The predicted molar refractivity (Wildman–Crippen MR) is 106 cm³/mol. The fraction of sp³-hybridized carbons (Fsp3) is 0.556. The Kier molecular flexibility index (Phi) is 5.97. The maximum absolute atomic E-state index is 12.1. The van der Waals surface area contributed by atoms with Gasteiger partial charge in [0, 0.05) is 30.7 Å². The van der Waals surface area contributed by atoms with Gasteiger partial charge in [0.25, 0.3) is 6.01 Å². The van der Waals surface area contributed by atoms with Crippen molar-refractivity contribution in [2.45, 2.75) is 39.7 Å². The van der Waals surface area contributed by atoms with Crippen molar-refractivity contribution in [3.05, 3.63) is 21.1 Å². The molecule has 2 aromatic rings. The first-order chi connectivity index (χ1) is 12.4. The summed E-state index contributed by atoms with van der Waals surface area (Å²) in [6, 6.07) is 2.44. The first kappa shape index (κ1) is 19.3. The summed E-state index contributed by atoms with van der Waals surface area (Å²) in [4.78, 5) is 20.6. The second-order valence-electron chi connectivity index (χ2n) is 6.60. The number of carbonyl (C=O) groups is 1. The predicted octanol–water partition coefficient (Wildman–Crippen LogP) is 5.00. The quantitative estimate of drug-likeness (QED) is 0.621. The van der Waals surface area contributed by atoms with Gasteiger partial charge in [0.2, 0.25) is 0 Å². The summed E-state index contributed by atoms with van der Waals surface area (Å²) in [5.41, 5.74) is 2.33. The number of hydrogen-bond donors (Lipinski definition) is 0. The van der Waals surface area contributed by atoms with Crippen LogP contribution in [0.5, 0.6) is 0 Å². The topological polar surface area (TPSA) is 58.8 Å². The van der Waals surface area contributed by atoms with Crippen LogP contribution < -0.4 is 4.90 Å². The number of nitrogens with zero attached hydrogens (tertiary/aromatic N) is 3. The molecule has 0 bridgehead atoms. The van der Waals surface area contributed by atoms with Crippen LogP contribution in [0.3, 0.4) is 0 Å². The molecule has 0 radical (unpaired) electrons. The van der Waals surface area contributed by atoms with Gasteiger partial charge < -0.3 is 19.0 Å². The van der Waals surface area contributed by atoms with E-state index in [4.69, 9.17) is 20.8 Å². The van der Waals surface area contributed by atoms with E-state index < -0.39 is 0 Å². The van der Waals surface area contributed by atoms with E-state index in [1.54, 1.807) is 4.90 Å². The number of rotatable bonds is 4. The number of amides is 1. The number of anilines is 1. The van der Waals surface area contributed by atoms with Gasteiger partial charge in [-0.2, -0.15) is 4.98 Å². The van der Waals surface area contributed by atoms with E-state index in [0.29, 0.717) is 42.9 Å². The molecular formula is C18H23BrClN3O3. The summed E-state index contributed by atoms with van der Waals surface area (Å²) < 4.78 is 12.1. The van der Waals surface area contributed by atoms with Crippen molar-refractivity contribution in [1.82, 2.24) is 9.88 Å². The van der Waals surface area contributed by atoms with Crippen molar-refractivity contribution in [2.75, 3.05) is 31.1 Å². The number of aromatic nitrogens is 1. The minimum Gasteiger partial charge on any atom is -0.449 e. The summed E-state index contributed by atoms with van der Waals surface area (Å²) in [6.45, 7) is 8.32. The molecule has 6 nitrogen and oxygen atoms in total. The van der Waals surface area contributed by atoms with Crippen molar-refractivity contribution in [1.29, 1.82) is 0 Å². The SMILES string of the molecule is CCCCOC(=O)N1CCN(c2nc3cc(Cl)c(C)c(Br)c3o2)C(C)C1. The molecule has 0 N–H and O–H groups in total. The van der Waals surface area contributed by atoms with Crippen molar-refractivity contribution in [3.63, 3.8) is 0 Å². The van der Waals surface area contributed by atoms with Crippen molar-refractivity contribution in [2.24, 2.45) is 0 Å². The van der Waals surface area contributed by atoms with E-state index in [1.165, 1.54) is 0 Å². The molecule has 1 aliphatic heterocycles. The number of piperazine rings is 1. The van der Waals surface area contributed by atoms with Gasteiger partial charge in [-0.25, -0.2) is 4.79 Å². The molecule has 0 aliphatic carbocycles. The summed E-state index contributed by atoms with van der Waals surface area (Å²) >= 11 is 9.78. The highest BCUT2D eigenvalue weighted by atomic mass is 79.9. The van der Waals surface area contributed by atoms with Crippen molar-refractivity contribution in [3.8, 4) is 0 Å². The third-order valence-corrected chi connectivity index (χ3v) is 5.99. The molecule has 1 atom stereocenters. The first-order valence-corrected chi connectivity index (χ1v) is 10.0. The third kappa shape index (κ3) is 3.78. The Bertz CT molecular complexity index is 811. The number of oxazole rings is 1. The van der Waals surface area contributed by atoms with Gasteiger partial charge in [-0.15, -0.1) is 0 Å². The number of benzene rings is 1. The van der Waals surface area contributed by atoms with Gasteiger partial charge in [0.05, 0.1) is 11.1 Å². The van der Waals surface area contributed by atoms with Crippen LogP contribution in [-0.4, -0.2) is 48.3 Å². The van der Waals surface area contributed by atoms with Crippen LogP contribution in [0, 0.1) is 6.92 Å². The molecular weight excluding hydrogens is 422 g/mol. The number of hydrogen-bond acceptors (Lipinski definition) is 5. The fourth-order valence-electron chi connectivity index (χ4n) is 3.00. The Morgan fingerprint density at radius 2 is 2.27 bits per heavy atom. The second-order valence-corrected chi connectivity index (χ2v) is 7.80. The molecule has 1 aromatic heterocycles. The average Bonchev–Trinajstić information content (AvgIpc) is 3.03. The van der Waals surface area contributed by atoms with Crippen LogP contribution in [0.25, 0.3) is 11.1 Å². The Labute approximate surface area is 166 Å². The average molecular weight is 445 g/mol. The number of halogens is 2. The molecule has 1 aliphatic rings. The lowest BCUT2D eigenvalue weighted by molar-refractivity contribution is 0.0939. The maximum atomic E-state index is 12.1. The van der Waals surface area contributed by atoms with Crippen LogP contribution >= 0.6 is 27.5 Å². The molecule has 1 fully saturated rings. The summed E-state index contributed by atoms with van der Waals surface area (Å²) in [7, 11) is 0. The molecule has 8 heteroatoms. The lowest BCUT2D eigenvalue weighted by Crippen LogP contribution is -2.54. The van der Waals surface area contributed by atoms with E-state index in [9.17, 15) is 4.79 Å². The highest BCUT2D eigenvalue weighted by Crippen LogP contribution is 2.35. The molecule has 1 unspecified atom stereocenters. The van der Waals surface area contributed by atoms with E-state index in [1.807, 2.05) is 19.9 Å². The second kappa shape index (κ2) is 8.05. The molecule has 142 valence electrons. The van der Waals surface area contributed by atoms with Crippen LogP contribution in [0.2, 0.25) is 5.02 Å². The van der Waals surface area contributed by atoms with Gasteiger partial charge in [0.1, 0.15) is 5.52 Å². The lowest BCUT2D eigenvalue weighted by Gasteiger charge is -2.38. The minimum atomic E-state index is -0.243. The molecule has 1 saturated heterocycles. The Balaban J connectivity index is 1.73. The van der Waals surface area contributed by atoms with Crippen molar-refractivity contribution < 1.29 is 13.9 Å². The molecule has 26 heavy (non-hydrogen) atoms. The van der Waals surface area contributed by atoms with Gasteiger partial charge >= 0.3 is 6.09 Å². The lowest BCUT2D eigenvalue weighted by atomic mass is 10.2. The van der Waals surface area contributed by atoms with E-state index >= 15 is 0 Å².